The first-order valence-electron chi connectivity index (χ1n) is 6.69. The van der Waals surface area contributed by atoms with Gasteiger partial charge in [-0.2, -0.15) is 0 Å². The molecule has 3 rings (SSSR count). The van der Waals surface area contributed by atoms with Crippen molar-refractivity contribution in [3.05, 3.63) is 24.3 Å². The summed E-state index contributed by atoms with van der Waals surface area (Å²) in [5.74, 6) is 0. The first kappa shape index (κ1) is 13.3. The largest absolute Gasteiger partial charge is 0.372 e. The summed E-state index contributed by atoms with van der Waals surface area (Å²) in [7, 11) is 0. The van der Waals surface area contributed by atoms with Crippen LogP contribution in [0.4, 0.5) is 9.93 Å². The highest BCUT2D eigenvalue weighted by Crippen LogP contribution is 2.25. The lowest BCUT2D eigenvalue weighted by Gasteiger charge is -2.34. The number of urea groups is 1. The van der Waals surface area contributed by atoms with Gasteiger partial charge >= 0.3 is 6.03 Å². The molecule has 2 heterocycles. The molecule has 1 fully saturated rings. The van der Waals surface area contributed by atoms with Crippen LogP contribution in [0.2, 0.25) is 0 Å². The minimum Gasteiger partial charge on any atom is -0.372 e. The highest BCUT2D eigenvalue weighted by atomic mass is 32.1. The van der Waals surface area contributed by atoms with E-state index in [1.165, 1.54) is 11.3 Å². The minimum absolute atomic E-state index is 0.0693. The zero-order valence-electron chi connectivity index (χ0n) is 11.5. The second-order valence-electron chi connectivity index (χ2n) is 5.08. The van der Waals surface area contributed by atoms with Crippen LogP contribution < -0.4 is 5.32 Å². The number of nitrogens with zero attached hydrogens (tertiary/aromatic N) is 2. The van der Waals surface area contributed by atoms with Crippen LogP contribution in [-0.4, -0.2) is 41.2 Å². The first-order chi connectivity index (χ1) is 9.61. The van der Waals surface area contributed by atoms with Gasteiger partial charge in [0.2, 0.25) is 0 Å². The Morgan fingerprint density at radius 3 is 2.75 bits per heavy atom. The number of fused-ring (bicyclic) bond motifs is 1. The number of hydrogen-bond donors (Lipinski definition) is 1. The van der Waals surface area contributed by atoms with Crippen molar-refractivity contribution in [3.63, 3.8) is 0 Å². The number of aromatic nitrogens is 1. The number of para-hydroxylation sites is 1. The van der Waals surface area contributed by atoms with Crippen molar-refractivity contribution in [1.82, 2.24) is 9.88 Å². The fraction of sp³-hybridized carbons (Fsp3) is 0.429. The maximum absolute atomic E-state index is 12.3. The quantitative estimate of drug-likeness (QED) is 0.879. The van der Waals surface area contributed by atoms with Gasteiger partial charge in [0.15, 0.2) is 5.13 Å². The molecule has 2 aromatic rings. The third-order valence-electron chi connectivity index (χ3n) is 3.21. The highest BCUT2D eigenvalue weighted by Gasteiger charge is 2.26. The van der Waals surface area contributed by atoms with Gasteiger partial charge in [-0.05, 0) is 26.0 Å². The molecule has 1 N–H and O–H groups in total. The Morgan fingerprint density at radius 1 is 1.35 bits per heavy atom. The molecule has 0 saturated carbocycles. The zero-order valence-corrected chi connectivity index (χ0v) is 12.3. The van der Waals surface area contributed by atoms with E-state index in [0.29, 0.717) is 18.2 Å². The van der Waals surface area contributed by atoms with Crippen LogP contribution in [0.3, 0.4) is 0 Å². The van der Waals surface area contributed by atoms with Gasteiger partial charge < -0.3 is 9.64 Å². The molecular formula is C14H17N3O2S. The molecular weight excluding hydrogens is 274 g/mol. The lowest BCUT2D eigenvalue weighted by atomic mass is 10.2. The molecule has 0 spiro atoms. The molecule has 2 atom stereocenters. The van der Waals surface area contributed by atoms with E-state index < -0.39 is 0 Å². The van der Waals surface area contributed by atoms with Gasteiger partial charge in [-0.1, -0.05) is 23.5 Å². The lowest BCUT2D eigenvalue weighted by molar-refractivity contribution is -0.0530. The molecule has 6 heteroatoms. The number of carbonyl (C=O) groups is 1. The summed E-state index contributed by atoms with van der Waals surface area (Å²) in [6, 6.07) is 7.75. The number of anilines is 1. The summed E-state index contributed by atoms with van der Waals surface area (Å²) in [6.45, 7) is 5.18. The lowest BCUT2D eigenvalue weighted by Crippen LogP contribution is -2.49. The normalized spacial score (nSPS) is 23.0. The second-order valence-corrected chi connectivity index (χ2v) is 6.11. The summed E-state index contributed by atoms with van der Waals surface area (Å²) in [4.78, 5) is 18.5. The van der Waals surface area contributed by atoms with E-state index in [4.69, 9.17) is 4.74 Å². The van der Waals surface area contributed by atoms with E-state index in [-0.39, 0.29) is 18.2 Å². The van der Waals surface area contributed by atoms with Crippen LogP contribution in [-0.2, 0) is 4.74 Å². The Labute approximate surface area is 121 Å². The van der Waals surface area contributed by atoms with Gasteiger partial charge in [-0.15, -0.1) is 0 Å². The number of benzene rings is 1. The molecule has 0 unspecified atom stereocenters. The van der Waals surface area contributed by atoms with Crippen molar-refractivity contribution in [2.24, 2.45) is 0 Å². The topological polar surface area (TPSA) is 54.5 Å². The van der Waals surface area contributed by atoms with Crippen molar-refractivity contribution in [2.75, 3.05) is 18.4 Å². The van der Waals surface area contributed by atoms with E-state index >= 15 is 0 Å². The van der Waals surface area contributed by atoms with Gasteiger partial charge in [0.05, 0.1) is 22.4 Å². The fourth-order valence-electron chi connectivity index (χ4n) is 2.44. The van der Waals surface area contributed by atoms with Crippen molar-refractivity contribution in [2.45, 2.75) is 26.1 Å². The number of rotatable bonds is 1. The molecule has 2 amide bonds. The third kappa shape index (κ3) is 2.76. The maximum atomic E-state index is 12.3. The average Bonchev–Trinajstić information content (AvgIpc) is 2.79. The Hall–Kier alpha value is -1.66. The Balaban J connectivity index is 1.72. The van der Waals surface area contributed by atoms with Crippen LogP contribution >= 0.6 is 11.3 Å². The van der Waals surface area contributed by atoms with Crippen molar-refractivity contribution in [1.29, 1.82) is 0 Å². The van der Waals surface area contributed by atoms with E-state index in [9.17, 15) is 4.79 Å². The highest BCUT2D eigenvalue weighted by molar-refractivity contribution is 7.22. The maximum Gasteiger partial charge on any atom is 0.323 e. The zero-order chi connectivity index (χ0) is 14.1. The summed E-state index contributed by atoms with van der Waals surface area (Å²) in [5.41, 5.74) is 0.913. The van der Waals surface area contributed by atoms with E-state index in [2.05, 4.69) is 10.3 Å². The molecule has 106 valence electrons. The van der Waals surface area contributed by atoms with Gasteiger partial charge in [-0.3, -0.25) is 5.32 Å². The van der Waals surface area contributed by atoms with Crippen LogP contribution in [0.5, 0.6) is 0 Å². The van der Waals surface area contributed by atoms with Crippen molar-refractivity contribution in [3.8, 4) is 0 Å². The summed E-state index contributed by atoms with van der Waals surface area (Å²) in [6.07, 6.45) is 0.139. The van der Waals surface area contributed by atoms with Crippen molar-refractivity contribution < 1.29 is 9.53 Å². The van der Waals surface area contributed by atoms with Crippen LogP contribution in [0.15, 0.2) is 24.3 Å². The number of carbonyl (C=O) groups excluding carboxylic acids is 1. The summed E-state index contributed by atoms with van der Waals surface area (Å²) >= 11 is 1.49. The third-order valence-corrected chi connectivity index (χ3v) is 4.17. The average molecular weight is 291 g/mol. The Morgan fingerprint density at radius 2 is 2.05 bits per heavy atom. The van der Waals surface area contributed by atoms with Gasteiger partial charge in [0, 0.05) is 13.1 Å². The van der Waals surface area contributed by atoms with Crippen LogP contribution in [0.1, 0.15) is 13.8 Å². The number of amides is 2. The SMILES string of the molecule is C[C@@H]1CN(C(=O)Nc2nc3ccccc3s2)C[C@H](C)O1. The van der Waals surface area contributed by atoms with Crippen molar-refractivity contribution >= 4 is 32.7 Å². The molecule has 20 heavy (non-hydrogen) atoms. The molecule has 0 aliphatic carbocycles. The standard InChI is InChI=1S/C14H17N3O2S/c1-9-7-17(8-10(2)19-9)14(18)16-13-15-11-5-3-4-6-12(11)20-13/h3-6,9-10H,7-8H2,1-2H3,(H,15,16,18)/t9-,10+. The molecule has 1 aliphatic heterocycles. The molecule has 5 nitrogen and oxygen atoms in total. The predicted molar refractivity (Wildman–Crippen MR) is 80.2 cm³/mol. The van der Waals surface area contributed by atoms with E-state index in [1.807, 2.05) is 38.1 Å². The first-order valence-corrected chi connectivity index (χ1v) is 7.50. The number of nitrogens with one attached hydrogen (secondary N) is 1. The van der Waals surface area contributed by atoms with Crippen LogP contribution in [0, 0.1) is 0 Å². The smallest absolute Gasteiger partial charge is 0.323 e. The van der Waals surface area contributed by atoms with E-state index in [0.717, 1.165) is 10.2 Å². The second kappa shape index (κ2) is 5.38. The Bertz CT molecular complexity index is 585. The molecule has 1 aromatic heterocycles. The number of morpholine rings is 1. The minimum atomic E-state index is -0.106. The summed E-state index contributed by atoms with van der Waals surface area (Å²) in [5, 5.41) is 3.52. The fourth-order valence-corrected chi connectivity index (χ4v) is 3.30. The number of hydrogen-bond acceptors (Lipinski definition) is 4. The van der Waals surface area contributed by atoms with E-state index in [1.54, 1.807) is 4.90 Å². The molecule has 1 saturated heterocycles. The van der Waals surface area contributed by atoms with Gasteiger partial charge in [0.25, 0.3) is 0 Å². The molecule has 0 bridgehead atoms. The number of ether oxygens (including phenoxy) is 1. The monoisotopic (exact) mass is 291 g/mol. The van der Waals surface area contributed by atoms with Gasteiger partial charge in [0.1, 0.15) is 0 Å². The van der Waals surface area contributed by atoms with Gasteiger partial charge in [-0.25, -0.2) is 9.78 Å². The predicted octanol–water partition coefficient (Wildman–Crippen LogP) is 2.94. The summed E-state index contributed by atoms with van der Waals surface area (Å²) < 4.78 is 6.71. The molecule has 1 aromatic carbocycles. The van der Waals surface area contributed by atoms with Crippen LogP contribution in [0.25, 0.3) is 10.2 Å². The Kier molecular flexibility index (Phi) is 3.58. The molecule has 1 aliphatic rings. The number of thiazole rings is 1. The molecule has 0 radical (unpaired) electrons.